The molecule has 7 aliphatic carbocycles. The Morgan fingerprint density at radius 3 is 2.04 bits per heavy atom. The van der Waals surface area contributed by atoms with Gasteiger partial charge in [0.25, 0.3) is 0 Å². The van der Waals surface area contributed by atoms with Crippen LogP contribution in [0.1, 0.15) is 165 Å². The van der Waals surface area contributed by atoms with Gasteiger partial charge in [0.1, 0.15) is 11.5 Å². The van der Waals surface area contributed by atoms with E-state index in [2.05, 4.69) is 44.2 Å². The normalized spacial score (nSPS) is 35.5. The van der Waals surface area contributed by atoms with Crippen molar-refractivity contribution >= 4 is 11.9 Å². The highest BCUT2D eigenvalue weighted by Gasteiger charge is 2.66. The van der Waals surface area contributed by atoms with E-state index in [1.165, 1.54) is 99.3 Å². The third-order valence-corrected chi connectivity index (χ3v) is 17.2. The van der Waals surface area contributed by atoms with E-state index in [0.29, 0.717) is 49.0 Å². The van der Waals surface area contributed by atoms with Gasteiger partial charge in [0.2, 0.25) is 0 Å². The lowest BCUT2D eigenvalue weighted by molar-refractivity contribution is -0.155. The number of carbonyl (C=O) groups is 2. The van der Waals surface area contributed by atoms with E-state index >= 15 is 0 Å². The molecule has 1 spiro atoms. The molecule has 7 aliphatic rings. The van der Waals surface area contributed by atoms with Crippen LogP contribution >= 0.6 is 0 Å². The summed E-state index contributed by atoms with van der Waals surface area (Å²) in [6.45, 7) is 8.17. The van der Waals surface area contributed by atoms with Crippen molar-refractivity contribution in [3.63, 3.8) is 0 Å². The molecule has 0 N–H and O–H groups in total. The molecular weight excluding hydrogens is 629 g/mol. The molecule has 10 unspecified atom stereocenters. The molecule has 0 bridgehead atoms. The number of hydrogen-bond donors (Lipinski definition) is 0. The lowest BCUT2D eigenvalue weighted by atomic mass is 9.59. The van der Waals surface area contributed by atoms with Crippen LogP contribution < -0.4 is 9.47 Å². The Morgan fingerprint density at radius 1 is 0.706 bits per heavy atom. The van der Waals surface area contributed by atoms with Gasteiger partial charge in [0, 0.05) is 0 Å². The van der Waals surface area contributed by atoms with Crippen molar-refractivity contribution in [2.24, 2.45) is 51.8 Å². The second kappa shape index (κ2) is 12.8. The molecule has 0 saturated heterocycles. The fourth-order valence-electron chi connectivity index (χ4n) is 13.9. The number of ether oxygens (including phenoxy) is 2. The predicted octanol–water partition coefficient (Wildman–Crippen LogP) is 11.5. The molecule has 4 heteroatoms. The number of fused-ring (bicyclic) bond motifs is 9. The highest BCUT2D eigenvalue weighted by Crippen LogP contribution is 2.75. The summed E-state index contributed by atoms with van der Waals surface area (Å²) in [5.74, 6) is 7.76. The van der Waals surface area contributed by atoms with Crippen molar-refractivity contribution < 1.29 is 19.1 Å². The fraction of sp³-hybridized carbons (Fsp3) is 0.702. The van der Waals surface area contributed by atoms with E-state index in [0.717, 1.165) is 53.8 Å². The monoisotopic (exact) mass is 690 g/mol. The molecule has 0 heterocycles. The lowest BCUT2D eigenvalue weighted by Gasteiger charge is -2.46. The van der Waals surface area contributed by atoms with Crippen LogP contribution in [0.25, 0.3) is 0 Å². The van der Waals surface area contributed by atoms with Gasteiger partial charge in [-0.3, -0.25) is 9.59 Å². The van der Waals surface area contributed by atoms with Crippen LogP contribution in [0.4, 0.5) is 0 Å². The van der Waals surface area contributed by atoms with Crippen LogP contribution in [0.3, 0.4) is 0 Å². The van der Waals surface area contributed by atoms with Crippen LogP contribution in [0.2, 0.25) is 0 Å². The largest absolute Gasteiger partial charge is 0.426 e. The van der Waals surface area contributed by atoms with Gasteiger partial charge in [-0.25, -0.2) is 0 Å². The second-order valence-electron chi connectivity index (χ2n) is 19.0. The minimum Gasteiger partial charge on any atom is -0.426 e. The van der Waals surface area contributed by atoms with Crippen LogP contribution in [-0.2, 0) is 22.4 Å². The number of rotatable bonds is 9. The van der Waals surface area contributed by atoms with E-state index < -0.39 is 10.8 Å². The van der Waals surface area contributed by atoms with Crippen molar-refractivity contribution in [2.45, 2.75) is 155 Å². The lowest BCUT2D eigenvalue weighted by Crippen LogP contribution is -2.43. The van der Waals surface area contributed by atoms with Gasteiger partial charge < -0.3 is 9.47 Å². The first kappa shape index (κ1) is 34.2. The number of carbonyl (C=O) groups excluding carboxylic acids is 2. The average Bonchev–Trinajstić information content (AvgIpc) is 3.44. The van der Waals surface area contributed by atoms with Gasteiger partial charge >= 0.3 is 11.9 Å². The van der Waals surface area contributed by atoms with Crippen molar-refractivity contribution in [3.8, 4) is 11.5 Å². The summed E-state index contributed by atoms with van der Waals surface area (Å²) in [5.41, 5.74) is 4.93. The Hall–Kier alpha value is -2.62. The average molecular weight is 691 g/mol. The summed E-state index contributed by atoms with van der Waals surface area (Å²) in [5, 5.41) is 0. The molecule has 0 amide bonds. The Morgan fingerprint density at radius 2 is 1.37 bits per heavy atom. The third-order valence-electron chi connectivity index (χ3n) is 17.2. The predicted molar refractivity (Wildman–Crippen MR) is 202 cm³/mol. The second-order valence-corrected chi connectivity index (χ2v) is 19.0. The summed E-state index contributed by atoms with van der Waals surface area (Å²) in [7, 11) is 0. The van der Waals surface area contributed by atoms with Gasteiger partial charge in [-0.15, -0.1) is 0 Å². The third kappa shape index (κ3) is 5.48. The van der Waals surface area contributed by atoms with Crippen molar-refractivity contribution in [1.82, 2.24) is 0 Å². The SMILES string of the molecule is CCC(C)(CC(CC)(CC)C(=O)Oc1ccc2c(c1)CCC1C2CCC23CC2CCC13)C(=O)Oc1ccc2c(c1)CCC1C2CCC2CCCC21. The molecule has 5 fully saturated rings. The van der Waals surface area contributed by atoms with Crippen molar-refractivity contribution in [2.75, 3.05) is 0 Å². The van der Waals surface area contributed by atoms with E-state index in [9.17, 15) is 9.59 Å². The minimum atomic E-state index is -0.809. The first-order chi connectivity index (χ1) is 24.7. The van der Waals surface area contributed by atoms with E-state index in [4.69, 9.17) is 9.47 Å². The number of benzene rings is 2. The standard InChI is InChI=1S/C47H62O4/c1-5-45(4,43(48)50-33-15-20-36-30(25-33)12-18-38-35-10-8-9-29(35)11-17-39(36)38)28-46(6-2,7-3)44(49)51-34-16-21-37-31(26-34)13-19-41-40(37)23-24-47-27-32(47)14-22-42(41)47/h15-16,20-21,25-26,29,32,35,38-42H,5-14,17-19,22-24,27-28H2,1-4H3. The van der Waals surface area contributed by atoms with Crippen LogP contribution in [0.5, 0.6) is 11.5 Å². The highest BCUT2D eigenvalue weighted by atomic mass is 16.5. The smallest absolute Gasteiger partial charge is 0.317 e. The Balaban J connectivity index is 0.877. The Bertz CT molecular complexity index is 1690. The molecule has 0 aliphatic heterocycles. The first-order valence-corrected chi connectivity index (χ1v) is 21.4. The molecule has 9 rings (SSSR count). The summed E-state index contributed by atoms with van der Waals surface area (Å²) >= 11 is 0. The zero-order chi connectivity index (χ0) is 35.1. The molecular formula is C47H62O4. The number of hydrogen-bond acceptors (Lipinski definition) is 4. The summed E-state index contributed by atoms with van der Waals surface area (Å²) < 4.78 is 12.5. The van der Waals surface area contributed by atoms with E-state index in [1.807, 2.05) is 19.9 Å². The summed E-state index contributed by atoms with van der Waals surface area (Å²) in [4.78, 5) is 28.3. The maximum atomic E-state index is 14.2. The van der Waals surface area contributed by atoms with Gasteiger partial charge in [-0.2, -0.15) is 0 Å². The fourth-order valence-corrected chi connectivity index (χ4v) is 13.9. The molecule has 0 radical (unpaired) electrons. The van der Waals surface area contributed by atoms with Gasteiger partial charge in [0.05, 0.1) is 10.8 Å². The first-order valence-electron chi connectivity index (χ1n) is 21.4. The minimum absolute atomic E-state index is 0.209. The van der Waals surface area contributed by atoms with E-state index in [1.54, 1.807) is 0 Å². The molecule has 51 heavy (non-hydrogen) atoms. The van der Waals surface area contributed by atoms with Gasteiger partial charge in [-0.1, -0.05) is 45.7 Å². The van der Waals surface area contributed by atoms with Crippen molar-refractivity contribution in [3.05, 3.63) is 58.7 Å². The highest BCUT2D eigenvalue weighted by molar-refractivity contribution is 5.83. The quantitative estimate of drug-likeness (QED) is 0.194. The van der Waals surface area contributed by atoms with Crippen molar-refractivity contribution in [1.29, 1.82) is 0 Å². The maximum Gasteiger partial charge on any atom is 0.317 e. The molecule has 2 aromatic rings. The molecule has 274 valence electrons. The van der Waals surface area contributed by atoms with Gasteiger partial charge in [0.15, 0.2) is 0 Å². The van der Waals surface area contributed by atoms with Crippen LogP contribution in [0, 0.1) is 51.8 Å². The zero-order valence-electron chi connectivity index (χ0n) is 31.9. The molecule has 10 atom stereocenters. The maximum absolute atomic E-state index is 14.2. The molecule has 5 saturated carbocycles. The van der Waals surface area contributed by atoms with Crippen LogP contribution in [-0.4, -0.2) is 11.9 Å². The summed E-state index contributed by atoms with van der Waals surface area (Å²) in [6.07, 6.45) is 21.1. The Kier molecular flexibility index (Phi) is 8.55. The summed E-state index contributed by atoms with van der Waals surface area (Å²) in [6, 6.07) is 13.0. The number of esters is 2. The Labute approximate surface area is 307 Å². The van der Waals surface area contributed by atoms with E-state index in [-0.39, 0.29) is 11.9 Å². The molecule has 4 nitrogen and oxygen atoms in total. The number of aryl methyl sites for hydroxylation is 2. The zero-order valence-corrected chi connectivity index (χ0v) is 31.9. The molecule has 2 aromatic carbocycles. The molecule has 0 aromatic heterocycles. The van der Waals surface area contributed by atoms with Crippen LogP contribution in [0.15, 0.2) is 36.4 Å². The van der Waals surface area contributed by atoms with Gasteiger partial charge in [-0.05, 0) is 209 Å². The topological polar surface area (TPSA) is 52.6 Å².